The van der Waals surface area contributed by atoms with Gasteiger partial charge < -0.3 is 19.3 Å². The second-order valence-corrected chi connectivity index (χ2v) is 5.38. The smallest absolute Gasteiger partial charge is 0.330 e. The molecule has 0 amide bonds. The van der Waals surface area contributed by atoms with Crippen LogP contribution in [0.1, 0.15) is 13.8 Å². The van der Waals surface area contributed by atoms with Gasteiger partial charge >= 0.3 is 24.7 Å². The van der Waals surface area contributed by atoms with Crippen LogP contribution in [0.3, 0.4) is 0 Å². The number of phosphoric acid groups is 1. The molecule has 0 rings (SSSR count). The Labute approximate surface area is 132 Å². The molecule has 148 valence electrons. The molecule has 0 radical (unpaired) electrons. The Balaban J connectivity index is 0. The predicted molar refractivity (Wildman–Crippen MR) is 65.9 cm³/mol. The third kappa shape index (κ3) is 12.0. The molecule has 0 N–H and O–H groups in total. The van der Waals surface area contributed by atoms with Gasteiger partial charge in [-0.05, 0) is 0 Å². The molecule has 0 unspecified atom stereocenters. The number of alkyl halides is 8. The highest BCUT2D eigenvalue weighted by Gasteiger charge is 2.44. The lowest BCUT2D eigenvalue weighted by atomic mass is 10.4. The molecule has 0 bridgehead atoms. The van der Waals surface area contributed by atoms with Crippen LogP contribution in [0, 0.1) is 0 Å². The highest BCUT2D eigenvalue weighted by atomic mass is 31.2. The van der Waals surface area contributed by atoms with E-state index >= 15 is 0 Å². The zero-order valence-corrected chi connectivity index (χ0v) is 13.4. The van der Waals surface area contributed by atoms with Gasteiger partial charge in [-0.2, -0.15) is 30.7 Å². The average molecular weight is 397 g/mol. The fraction of sp³-hybridized carbons (Fsp3) is 1.00. The Morgan fingerprint density at radius 2 is 1.21 bits per heavy atom. The Morgan fingerprint density at radius 3 is 1.38 bits per heavy atom. The second kappa shape index (κ2) is 11.2. The van der Waals surface area contributed by atoms with Gasteiger partial charge in [-0.3, -0.25) is 4.57 Å². The zero-order valence-electron chi connectivity index (χ0n) is 12.5. The van der Waals surface area contributed by atoms with Gasteiger partial charge in [0.15, 0.2) is 0 Å². The van der Waals surface area contributed by atoms with E-state index < -0.39 is 45.7 Å². The van der Waals surface area contributed by atoms with Crippen LogP contribution in [-0.2, 0) is 13.6 Å². The van der Waals surface area contributed by atoms with Gasteiger partial charge in [-0.25, -0.2) is 17.6 Å². The van der Waals surface area contributed by atoms with E-state index in [4.69, 9.17) is 0 Å². The maximum atomic E-state index is 12.2. The van der Waals surface area contributed by atoms with Crippen molar-refractivity contribution in [3.8, 4) is 0 Å². The summed E-state index contributed by atoms with van der Waals surface area (Å²) in [7, 11) is -5.84. The number of hydrogen-bond donors (Lipinski definition) is 0. The van der Waals surface area contributed by atoms with Crippen molar-refractivity contribution in [2.75, 3.05) is 26.3 Å². The van der Waals surface area contributed by atoms with Gasteiger partial charge in [-0.15, -0.1) is 0 Å². The van der Waals surface area contributed by atoms with Crippen LogP contribution < -0.4 is 4.89 Å². The summed E-state index contributed by atoms with van der Waals surface area (Å²) in [5.74, 6) is -9.73. The van der Waals surface area contributed by atoms with Gasteiger partial charge in [0.25, 0.3) is 7.82 Å². The standard InChI is InChI=1S/C6H7F8O4P.C4H10N/c7-3(8)5(11,12)1-17-19(15,16)18-2-6(13,14)4(9)10;1-3-5-4-2/h3-4H,1-2H2,(H,15,16);3-4H2,1-2H3/q;-1/p-1. The first-order chi connectivity index (χ1) is 10.7. The van der Waals surface area contributed by atoms with E-state index in [1.807, 2.05) is 13.8 Å². The second-order valence-electron chi connectivity index (χ2n) is 3.97. The van der Waals surface area contributed by atoms with Crippen molar-refractivity contribution in [3.05, 3.63) is 5.32 Å². The van der Waals surface area contributed by atoms with E-state index in [1.54, 1.807) is 0 Å². The lowest BCUT2D eigenvalue weighted by Crippen LogP contribution is -2.35. The molecule has 0 aromatic carbocycles. The molecule has 0 aliphatic rings. The molecule has 0 atom stereocenters. The van der Waals surface area contributed by atoms with Crippen molar-refractivity contribution in [2.45, 2.75) is 38.5 Å². The van der Waals surface area contributed by atoms with Gasteiger partial charge in [0, 0.05) is 0 Å². The minimum Gasteiger partial charge on any atom is -0.756 e. The summed E-state index contributed by atoms with van der Waals surface area (Å²) in [6.45, 7) is 1.29. The fourth-order valence-electron chi connectivity index (χ4n) is 0.717. The summed E-state index contributed by atoms with van der Waals surface area (Å²) in [5.41, 5.74) is 0. The average Bonchev–Trinajstić information content (AvgIpc) is 2.45. The van der Waals surface area contributed by atoms with Crippen molar-refractivity contribution >= 4 is 7.82 Å². The monoisotopic (exact) mass is 397 g/mol. The van der Waals surface area contributed by atoms with Crippen molar-refractivity contribution < 1.29 is 53.6 Å². The van der Waals surface area contributed by atoms with Crippen LogP contribution in [0.5, 0.6) is 0 Å². The quantitative estimate of drug-likeness (QED) is 0.416. The van der Waals surface area contributed by atoms with Crippen LogP contribution in [0.2, 0.25) is 0 Å². The molecule has 0 saturated carbocycles. The zero-order chi connectivity index (χ0) is 19.6. The number of halogens is 8. The molecule has 0 heterocycles. The summed E-state index contributed by atoms with van der Waals surface area (Å²) in [6.07, 6.45) is -8.54. The largest absolute Gasteiger partial charge is 0.756 e. The van der Waals surface area contributed by atoms with Crippen molar-refractivity contribution in [1.82, 2.24) is 0 Å². The first-order valence-corrected chi connectivity index (χ1v) is 7.73. The summed E-state index contributed by atoms with van der Waals surface area (Å²) in [4.78, 5) is 10.6. The van der Waals surface area contributed by atoms with Crippen LogP contribution >= 0.6 is 7.82 Å². The van der Waals surface area contributed by atoms with Crippen molar-refractivity contribution in [1.29, 1.82) is 0 Å². The normalized spacial score (nSPS) is 13.2. The molecular formula is C10H16F8NO4P-2. The maximum Gasteiger partial charge on any atom is 0.330 e. The Hall–Kier alpha value is -0.490. The highest BCUT2D eigenvalue weighted by molar-refractivity contribution is 7.45. The van der Waals surface area contributed by atoms with Crippen LogP contribution in [0.25, 0.3) is 5.32 Å². The van der Waals surface area contributed by atoms with E-state index in [0.717, 1.165) is 13.1 Å². The maximum absolute atomic E-state index is 12.2. The number of hydrogen-bond acceptors (Lipinski definition) is 4. The van der Waals surface area contributed by atoms with E-state index in [-0.39, 0.29) is 0 Å². The SMILES string of the molecule is CC[N-]CC.O=P([O-])(OCC(F)(F)C(F)F)OCC(F)(F)C(F)F. The highest BCUT2D eigenvalue weighted by Crippen LogP contribution is 2.42. The van der Waals surface area contributed by atoms with E-state index in [1.165, 1.54) is 0 Å². The molecule has 0 aliphatic carbocycles. The van der Waals surface area contributed by atoms with Gasteiger partial charge in [0.2, 0.25) is 0 Å². The lowest BCUT2D eigenvalue weighted by Gasteiger charge is -2.26. The van der Waals surface area contributed by atoms with E-state index in [0.29, 0.717) is 0 Å². The van der Waals surface area contributed by atoms with E-state index in [9.17, 15) is 44.6 Å². The first-order valence-electron chi connectivity index (χ1n) is 6.27. The molecule has 0 aromatic rings. The number of phosphoric ester groups is 1. The van der Waals surface area contributed by atoms with Gasteiger partial charge in [0.1, 0.15) is 13.2 Å². The molecule has 24 heavy (non-hydrogen) atoms. The molecule has 5 nitrogen and oxygen atoms in total. The first kappa shape index (κ1) is 25.7. The van der Waals surface area contributed by atoms with Gasteiger partial charge in [-0.1, -0.05) is 13.8 Å². The minimum atomic E-state index is -5.84. The Bertz CT molecular complexity index is 356. The Kier molecular flexibility index (Phi) is 12.0. The molecule has 0 spiro atoms. The molecule has 0 saturated heterocycles. The lowest BCUT2D eigenvalue weighted by molar-refractivity contribution is -0.246. The Morgan fingerprint density at radius 1 is 0.917 bits per heavy atom. The van der Waals surface area contributed by atoms with Crippen LogP contribution in [-0.4, -0.2) is 51.0 Å². The third-order valence-corrected chi connectivity index (χ3v) is 2.81. The third-order valence-electron chi connectivity index (χ3n) is 1.92. The van der Waals surface area contributed by atoms with Crippen LogP contribution in [0.15, 0.2) is 0 Å². The number of nitrogens with zero attached hydrogens (tertiary/aromatic N) is 1. The van der Waals surface area contributed by atoms with Gasteiger partial charge in [0.05, 0.1) is 0 Å². The molecule has 0 aliphatic heterocycles. The topological polar surface area (TPSA) is 72.7 Å². The molecule has 0 fully saturated rings. The molecule has 14 heteroatoms. The predicted octanol–water partition coefficient (Wildman–Crippen LogP) is 3.69. The minimum absolute atomic E-state index is 0.969. The van der Waals surface area contributed by atoms with Crippen molar-refractivity contribution in [3.63, 3.8) is 0 Å². The fourth-order valence-corrected chi connectivity index (χ4v) is 1.45. The summed E-state index contributed by atoms with van der Waals surface area (Å²) < 4.78 is 112. The van der Waals surface area contributed by atoms with Crippen LogP contribution in [0.4, 0.5) is 35.1 Å². The summed E-state index contributed by atoms with van der Waals surface area (Å²) in [6, 6.07) is 0. The molecule has 0 aromatic heterocycles. The van der Waals surface area contributed by atoms with E-state index in [2.05, 4.69) is 14.4 Å². The van der Waals surface area contributed by atoms with Crippen molar-refractivity contribution in [2.24, 2.45) is 0 Å². The summed E-state index contributed by atoms with van der Waals surface area (Å²) in [5, 5.41) is 3.97. The summed E-state index contributed by atoms with van der Waals surface area (Å²) >= 11 is 0. The number of rotatable bonds is 10. The molecular weight excluding hydrogens is 381 g/mol.